The number of halogens is 1. The molecule has 0 bridgehead atoms. The third-order valence-corrected chi connectivity index (χ3v) is 5.81. The van der Waals surface area contributed by atoms with Gasteiger partial charge in [0.15, 0.2) is 11.5 Å². The number of anilines is 1. The molecule has 1 saturated heterocycles. The van der Waals surface area contributed by atoms with E-state index in [9.17, 15) is 14.4 Å². The van der Waals surface area contributed by atoms with Crippen molar-refractivity contribution in [3.63, 3.8) is 0 Å². The van der Waals surface area contributed by atoms with Gasteiger partial charge in [-0.25, -0.2) is 0 Å². The first-order valence-electron chi connectivity index (χ1n) is 9.96. The molecule has 3 amide bonds. The van der Waals surface area contributed by atoms with Crippen molar-refractivity contribution >= 4 is 52.2 Å². The summed E-state index contributed by atoms with van der Waals surface area (Å²) in [5.74, 6) is 0.105. The van der Waals surface area contributed by atoms with Crippen LogP contribution >= 0.6 is 23.4 Å². The number of carbonyl (C=O) groups is 3. The molecule has 32 heavy (non-hydrogen) atoms. The molecule has 9 heteroatoms. The lowest BCUT2D eigenvalue weighted by molar-refractivity contribution is -0.127. The summed E-state index contributed by atoms with van der Waals surface area (Å²) in [7, 11) is 1.54. The van der Waals surface area contributed by atoms with Crippen LogP contribution in [0.15, 0.2) is 47.4 Å². The molecule has 0 radical (unpaired) electrons. The number of hydrogen-bond acceptors (Lipinski definition) is 6. The first-order valence-corrected chi connectivity index (χ1v) is 11.2. The van der Waals surface area contributed by atoms with Crippen LogP contribution in [0.2, 0.25) is 5.02 Å². The van der Waals surface area contributed by atoms with Gasteiger partial charge in [-0.1, -0.05) is 30.7 Å². The van der Waals surface area contributed by atoms with E-state index in [1.165, 1.54) is 7.11 Å². The predicted octanol–water partition coefficient (Wildman–Crippen LogP) is 5.20. The van der Waals surface area contributed by atoms with Gasteiger partial charge >= 0.3 is 0 Å². The van der Waals surface area contributed by atoms with E-state index in [0.29, 0.717) is 27.8 Å². The number of nitrogens with zero attached hydrogens (tertiary/aromatic N) is 1. The minimum absolute atomic E-state index is 0.0318. The van der Waals surface area contributed by atoms with Gasteiger partial charge in [0.25, 0.3) is 11.1 Å². The van der Waals surface area contributed by atoms with Crippen LogP contribution < -0.4 is 14.8 Å². The van der Waals surface area contributed by atoms with Crippen LogP contribution in [-0.4, -0.2) is 41.7 Å². The number of rotatable bonds is 8. The molecule has 1 aliphatic rings. The Hall–Kier alpha value is -2.97. The van der Waals surface area contributed by atoms with Gasteiger partial charge < -0.3 is 14.8 Å². The average molecular weight is 475 g/mol. The Balaban J connectivity index is 1.71. The van der Waals surface area contributed by atoms with Crippen LogP contribution in [0.1, 0.15) is 25.8 Å². The summed E-state index contributed by atoms with van der Waals surface area (Å²) in [4.78, 5) is 38.5. The van der Waals surface area contributed by atoms with Crippen LogP contribution in [0.5, 0.6) is 11.5 Å². The van der Waals surface area contributed by atoms with Gasteiger partial charge in [0.2, 0.25) is 5.91 Å². The largest absolute Gasteiger partial charge is 0.493 e. The highest BCUT2D eigenvalue weighted by Crippen LogP contribution is 2.35. The standard InChI is InChI=1S/C23H23ClN2O5S/c1-4-14(2)31-18-9-8-15(10-19(18)30-3)11-20-22(28)26(23(29)32-20)13-21(27)25-17-7-5-6-16(24)12-17/h5-12,14H,4,13H2,1-3H3,(H,25,27)/b20-11-/t14-/m0/s1. The summed E-state index contributed by atoms with van der Waals surface area (Å²) in [6.45, 7) is 3.60. The summed E-state index contributed by atoms with van der Waals surface area (Å²) in [6, 6.07) is 11.9. The number of ether oxygens (including phenoxy) is 2. The van der Waals surface area contributed by atoms with Crippen molar-refractivity contribution in [3.8, 4) is 11.5 Å². The number of nitrogens with one attached hydrogen (secondary N) is 1. The summed E-state index contributed by atoms with van der Waals surface area (Å²) >= 11 is 6.69. The van der Waals surface area contributed by atoms with E-state index in [2.05, 4.69) is 5.32 Å². The molecule has 1 aliphatic heterocycles. The smallest absolute Gasteiger partial charge is 0.294 e. The zero-order valence-corrected chi connectivity index (χ0v) is 19.5. The Morgan fingerprint density at radius 2 is 2.00 bits per heavy atom. The van der Waals surface area contributed by atoms with Crippen molar-refractivity contribution in [2.75, 3.05) is 19.0 Å². The Bertz CT molecular complexity index is 1070. The predicted molar refractivity (Wildman–Crippen MR) is 126 cm³/mol. The number of benzene rings is 2. The monoisotopic (exact) mass is 474 g/mol. The average Bonchev–Trinajstić information content (AvgIpc) is 3.01. The molecule has 1 N–H and O–H groups in total. The molecule has 3 rings (SSSR count). The van der Waals surface area contributed by atoms with Gasteiger partial charge in [-0.05, 0) is 67.1 Å². The second-order valence-electron chi connectivity index (χ2n) is 7.07. The summed E-state index contributed by atoms with van der Waals surface area (Å²) in [5.41, 5.74) is 1.16. The van der Waals surface area contributed by atoms with E-state index in [4.69, 9.17) is 21.1 Å². The fourth-order valence-corrected chi connectivity index (χ4v) is 3.90. The Labute approximate surface area is 195 Å². The second-order valence-corrected chi connectivity index (χ2v) is 8.50. The molecular formula is C23H23ClN2O5S. The SMILES string of the molecule is CC[C@H](C)Oc1ccc(/C=C2\SC(=O)N(CC(=O)Nc3cccc(Cl)c3)C2=O)cc1OC. The topological polar surface area (TPSA) is 84.9 Å². The third-order valence-electron chi connectivity index (χ3n) is 4.67. The lowest BCUT2D eigenvalue weighted by atomic mass is 10.1. The van der Waals surface area contributed by atoms with E-state index >= 15 is 0 Å². The maximum atomic E-state index is 12.7. The zero-order valence-electron chi connectivity index (χ0n) is 17.9. The van der Waals surface area contributed by atoms with E-state index in [1.807, 2.05) is 13.8 Å². The highest BCUT2D eigenvalue weighted by molar-refractivity contribution is 8.18. The molecule has 0 unspecified atom stereocenters. The Morgan fingerprint density at radius 3 is 2.69 bits per heavy atom. The van der Waals surface area contributed by atoms with Crippen molar-refractivity contribution in [1.29, 1.82) is 0 Å². The fourth-order valence-electron chi connectivity index (χ4n) is 2.87. The number of methoxy groups -OCH3 is 1. The number of imide groups is 1. The van der Waals surface area contributed by atoms with Gasteiger partial charge in [0.05, 0.1) is 18.1 Å². The molecule has 1 atom stereocenters. The number of carbonyl (C=O) groups excluding carboxylic acids is 3. The van der Waals surface area contributed by atoms with Gasteiger partial charge in [0, 0.05) is 10.7 Å². The molecule has 0 saturated carbocycles. The quantitative estimate of drug-likeness (QED) is 0.529. The van der Waals surface area contributed by atoms with Crippen molar-refractivity contribution in [3.05, 3.63) is 58.0 Å². The third kappa shape index (κ3) is 5.83. The first kappa shape index (κ1) is 23.7. The summed E-state index contributed by atoms with van der Waals surface area (Å²) < 4.78 is 11.2. The summed E-state index contributed by atoms with van der Waals surface area (Å²) in [6.07, 6.45) is 2.47. The molecule has 1 fully saturated rings. The van der Waals surface area contributed by atoms with Crippen molar-refractivity contribution in [1.82, 2.24) is 4.90 Å². The minimum Gasteiger partial charge on any atom is -0.493 e. The van der Waals surface area contributed by atoms with Gasteiger partial charge in [0.1, 0.15) is 6.54 Å². The van der Waals surface area contributed by atoms with Crippen LogP contribution in [-0.2, 0) is 9.59 Å². The van der Waals surface area contributed by atoms with Crippen LogP contribution in [0, 0.1) is 0 Å². The molecule has 0 aromatic heterocycles. The molecule has 2 aromatic carbocycles. The molecule has 1 heterocycles. The maximum absolute atomic E-state index is 12.7. The zero-order chi connectivity index (χ0) is 23.3. The Kier molecular flexibility index (Phi) is 7.82. The van der Waals surface area contributed by atoms with Crippen molar-refractivity contribution in [2.45, 2.75) is 26.4 Å². The lowest BCUT2D eigenvalue weighted by Crippen LogP contribution is -2.36. The van der Waals surface area contributed by atoms with E-state index in [-0.39, 0.29) is 17.6 Å². The van der Waals surface area contributed by atoms with Crippen LogP contribution in [0.25, 0.3) is 6.08 Å². The molecular weight excluding hydrogens is 452 g/mol. The second kappa shape index (κ2) is 10.6. The molecule has 7 nitrogen and oxygen atoms in total. The van der Waals surface area contributed by atoms with Crippen molar-refractivity contribution in [2.24, 2.45) is 0 Å². The normalized spacial score (nSPS) is 15.8. The van der Waals surface area contributed by atoms with Gasteiger partial charge in [-0.3, -0.25) is 19.3 Å². The van der Waals surface area contributed by atoms with Crippen molar-refractivity contribution < 1.29 is 23.9 Å². The van der Waals surface area contributed by atoms with E-state index in [0.717, 1.165) is 23.1 Å². The molecule has 0 spiro atoms. The highest BCUT2D eigenvalue weighted by Gasteiger charge is 2.36. The molecule has 2 aromatic rings. The first-order chi connectivity index (χ1) is 15.3. The summed E-state index contributed by atoms with van der Waals surface area (Å²) in [5, 5.41) is 2.59. The molecule has 0 aliphatic carbocycles. The number of thioether (sulfide) groups is 1. The maximum Gasteiger partial charge on any atom is 0.294 e. The van der Waals surface area contributed by atoms with E-state index in [1.54, 1.807) is 48.5 Å². The van der Waals surface area contributed by atoms with Crippen LogP contribution in [0.3, 0.4) is 0 Å². The molecule has 168 valence electrons. The lowest BCUT2D eigenvalue weighted by Gasteiger charge is -2.15. The van der Waals surface area contributed by atoms with E-state index < -0.39 is 17.1 Å². The number of hydrogen-bond donors (Lipinski definition) is 1. The highest BCUT2D eigenvalue weighted by atomic mass is 35.5. The van der Waals surface area contributed by atoms with Gasteiger partial charge in [-0.2, -0.15) is 0 Å². The Morgan fingerprint density at radius 1 is 1.22 bits per heavy atom. The number of amides is 3. The fraction of sp³-hybridized carbons (Fsp3) is 0.261. The minimum atomic E-state index is -0.528. The van der Waals surface area contributed by atoms with Crippen LogP contribution in [0.4, 0.5) is 10.5 Å². The van der Waals surface area contributed by atoms with Gasteiger partial charge in [-0.15, -0.1) is 0 Å².